The second-order valence-corrected chi connectivity index (χ2v) is 8.12. The van der Waals surface area contributed by atoms with Gasteiger partial charge in [0, 0.05) is 17.8 Å². The van der Waals surface area contributed by atoms with Crippen molar-refractivity contribution in [3.05, 3.63) is 90.5 Å². The zero-order valence-electron chi connectivity index (χ0n) is 17.4. The number of phenols is 1. The van der Waals surface area contributed by atoms with E-state index in [0.29, 0.717) is 12.8 Å². The molecule has 5 nitrogen and oxygen atoms in total. The van der Waals surface area contributed by atoms with Crippen molar-refractivity contribution in [2.24, 2.45) is 0 Å². The van der Waals surface area contributed by atoms with Crippen molar-refractivity contribution in [1.82, 2.24) is 0 Å². The number of carbonyl (C=O) groups is 2. The molecule has 1 aliphatic rings. The van der Waals surface area contributed by atoms with Crippen molar-refractivity contribution in [3.63, 3.8) is 0 Å². The lowest BCUT2D eigenvalue weighted by Gasteiger charge is -2.40. The van der Waals surface area contributed by atoms with E-state index in [1.54, 1.807) is 17.0 Å². The Labute approximate surface area is 181 Å². The summed E-state index contributed by atoms with van der Waals surface area (Å²) in [6.45, 7) is 1.81. The van der Waals surface area contributed by atoms with Gasteiger partial charge in [0.15, 0.2) is 11.8 Å². The summed E-state index contributed by atoms with van der Waals surface area (Å²) in [6, 6.07) is 24.7. The molecule has 31 heavy (non-hydrogen) atoms. The van der Waals surface area contributed by atoms with Gasteiger partial charge in [0.2, 0.25) is 0 Å². The first-order valence-electron chi connectivity index (χ1n) is 10.4. The number of para-hydroxylation sites is 2. The van der Waals surface area contributed by atoms with Crippen LogP contribution in [0.2, 0.25) is 0 Å². The molecule has 1 N–H and O–H groups in total. The van der Waals surface area contributed by atoms with Gasteiger partial charge in [-0.1, -0.05) is 48.5 Å². The molecule has 158 valence electrons. The molecule has 0 aliphatic carbocycles. The zero-order chi connectivity index (χ0) is 21.8. The summed E-state index contributed by atoms with van der Waals surface area (Å²) in [5.74, 6) is -0.478. The third-order valence-electron chi connectivity index (χ3n) is 5.63. The van der Waals surface area contributed by atoms with Gasteiger partial charge in [-0.2, -0.15) is 0 Å². The van der Waals surface area contributed by atoms with E-state index in [2.05, 4.69) is 0 Å². The van der Waals surface area contributed by atoms with Gasteiger partial charge >= 0.3 is 5.97 Å². The first-order valence-corrected chi connectivity index (χ1v) is 10.4. The minimum atomic E-state index is -1.02. The van der Waals surface area contributed by atoms with Crippen molar-refractivity contribution in [1.29, 1.82) is 0 Å². The van der Waals surface area contributed by atoms with Crippen LogP contribution in [-0.4, -0.2) is 28.5 Å². The third-order valence-corrected chi connectivity index (χ3v) is 5.63. The topological polar surface area (TPSA) is 66.8 Å². The molecule has 5 heteroatoms. The second kappa shape index (κ2) is 8.64. The Morgan fingerprint density at radius 3 is 1.97 bits per heavy atom. The molecule has 0 spiro atoms. The number of anilines is 2. The SMILES string of the molecule is CC1(CCc2ccc(O)cc2)CC(=O)C(N(c2ccccc2)c2ccccc2)C(=O)O1. The van der Waals surface area contributed by atoms with Crippen LogP contribution < -0.4 is 4.90 Å². The molecule has 0 bridgehead atoms. The highest BCUT2D eigenvalue weighted by Gasteiger charge is 2.47. The Balaban J connectivity index is 1.56. The van der Waals surface area contributed by atoms with Crippen LogP contribution in [0.1, 0.15) is 25.3 Å². The van der Waals surface area contributed by atoms with Gasteiger partial charge in [-0.05, 0) is 61.7 Å². The van der Waals surface area contributed by atoms with E-state index in [-0.39, 0.29) is 18.0 Å². The number of nitrogens with zero attached hydrogens (tertiary/aromatic N) is 1. The molecule has 3 aromatic rings. The Hall–Kier alpha value is -3.60. The number of hydrogen-bond acceptors (Lipinski definition) is 5. The van der Waals surface area contributed by atoms with E-state index in [0.717, 1.165) is 16.9 Å². The summed E-state index contributed by atoms with van der Waals surface area (Å²) in [5, 5.41) is 9.44. The van der Waals surface area contributed by atoms with Gasteiger partial charge in [0.25, 0.3) is 0 Å². The van der Waals surface area contributed by atoms with Crippen LogP contribution in [0.15, 0.2) is 84.9 Å². The number of ether oxygens (including phenoxy) is 1. The van der Waals surface area contributed by atoms with Gasteiger partial charge in [-0.15, -0.1) is 0 Å². The van der Waals surface area contributed by atoms with Crippen molar-refractivity contribution in [2.75, 3.05) is 4.90 Å². The molecule has 0 amide bonds. The van der Waals surface area contributed by atoms with Crippen LogP contribution in [0, 0.1) is 0 Å². The molecule has 0 aromatic heterocycles. The van der Waals surface area contributed by atoms with Gasteiger partial charge in [-0.3, -0.25) is 4.79 Å². The number of hydrogen-bond donors (Lipinski definition) is 1. The number of esters is 1. The summed E-state index contributed by atoms with van der Waals surface area (Å²) in [5.41, 5.74) is 1.68. The number of Topliss-reactive ketones (excluding diaryl/α,β-unsaturated/α-hetero) is 1. The average Bonchev–Trinajstić information content (AvgIpc) is 2.77. The molecular weight excluding hydrogens is 390 g/mol. The van der Waals surface area contributed by atoms with E-state index in [9.17, 15) is 14.7 Å². The second-order valence-electron chi connectivity index (χ2n) is 8.12. The lowest BCUT2D eigenvalue weighted by Crippen LogP contribution is -2.55. The van der Waals surface area contributed by atoms with Crippen LogP contribution in [0.25, 0.3) is 0 Å². The molecule has 2 atom stereocenters. The number of phenolic OH excluding ortho intramolecular Hbond substituents is 1. The fourth-order valence-corrected chi connectivity index (χ4v) is 4.02. The normalized spacial score (nSPS) is 20.9. The zero-order valence-corrected chi connectivity index (χ0v) is 17.4. The van der Waals surface area contributed by atoms with Crippen molar-refractivity contribution < 1.29 is 19.4 Å². The Morgan fingerprint density at radius 2 is 1.45 bits per heavy atom. The highest BCUT2D eigenvalue weighted by atomic mass is 16.6. The summed E-state index contributed by atoms with van der Waals surface area (Å²) in [6.07, 6.45) is 1.32. The molecular formula is C26H25NO4. The van der Waals surface area contributed by atoms with E-state index >= 15 is 0 Å². The summed E-state index contributed by atoms with van der Waals surface area (Å²) in [4.78, 5) is 28.2. The number of ketones is 1. The molecule has 3 aromatic carbocycles. The maximum atomic E-state index is 13.3. The molecule has 1 heterocycles. The minimum absolute atomic E-state index is 0.150. The summed E-state index contributed by atoms with van der Waals surface area (Å²) >= 11 is 0. The average molecular weight is 415 g/mol. The van der Waals surface area contributed by atoms with Crippen molar-refractivity contribution in [3.8, 4) is 5.75 Å². The monoisotopic (exact) mass is 415 g/mol. The molecule has 1 fully saturated rings. The predicted molar refractivity (Wildman–Crippen MR) is 119 cm³/mol. The van der Waals surface area contributed by atoms with Gasteiger partial charge in [-0.25, -0.2) is 4.79 Å². The standard InChI is InChI=1S/C26H25NO4/c1-26(17-16-19-12-14-22(28)15-13-19)18-23(29)24(25(30)31-26)27(20-8-4-2-5-9-20)21-10-6-3-7-11-21/h2-15,24,28H,16-18H2,1H3. The molecule has 2 unspecified atom stereocenters. The largest absolute Gasteiger partial charge is 0.508 e. The van der Waals surface area contributed by atoms with Crippen molar-refractivity contribution in [2.45, 2.75) is 37.8 Å². The number of rotatable bonds is 6. The first-order chi connectivity index (χ1) is 15.0. The molecule has 1 saturated heterocycles. The van der Waals surface area contributed by atoms with E-state index < -0.39 is 17.6 Å². The van der Waals surface area contributed by atoms with E-state index in [1.807, 2.05) is 79.7 Å². The van der Waals surface area contributed by atoms with Gasteiger partial charge in [0.1, 0.15) is 11.4 Å². The molecule has 0 saturated carbocycles. The number of benzene rings is 3. The molecule has 1 aliphatic heterocycles. The molecule has 4 rings (SSSR count). The highest BCUT2D eigenvalue weighted by molar-refractivity contribution is 6.09. The lowest BCUT2D eigenvalue weighted by molar-refractivity contribution is -0.171. The Kier molecular flexibility index (Phi) is 5.76. The Bertz CT molecular complexity index is 990. The number of carbonyl (C=O) groups excluding carboxylic acids is 2. The van der Waals surface area contributed by atoms with Crippen LogP contribution in [0.4, 0.5) is 11.4 Å². The summed E-state index contributed by atoms with van der Waals surface area (Å²) in [7, 11) is 0. The number of aromatic hydroxyl groups is 1. The van der Waals surface area contributed by atoms with Gasteiger partial charge in [0.05, 0.1) is 0 Å². The fraction of sp³-hybridized carbons (Fsp3) is 0.231. The van der Waals surface area contributed by atoms with Crippen LogP contribution in [0.5, 0.6) is 5.75 Å². The highest BCUT2D eigenvalue weighted by Crippen LogP contribution is 2.35. The van der Waals surface area contributed by atoms with Crippen molar-refractivity contribution >= 4 is 23.1 Å². The quantitative estimate of drug-likeness (QED) is 0.462. The third kappa shape index (κ3) is 4.61. The maximum Gasteiger partial charge on any atom is 0.337 e. The Morgan fingerprint density at radius 1 is 0.903 bits per heavy atom. The van der Waals surface area contributed by atoms with Crippen LogP contribution in [-0.2, 0) is 20.7 Å². The lowest BCUT2D eigenvalue weighted by atomic mass is 9.86. The first kappa shape index (κ1) is 20.7. The predicted octanol–water partition coefficient (Wildman–Crippen LogP) is 4.81. The number of aryl methyl sites for hydroxylation is 1. The van der Waals surface area contributed by atoms with Crippen LogP contribution >= 0.6 is 0 Å². The molecule has 0 radical (unpaired) electrons. The van der Waals surface area contributed by atoms with E-state index in [1.165, 1.54) is 0 Å². The van der Waals surface area contributed by atoms with Gasteiger partial charge < -0.3 is 14.7 Å². The minimum Gasteiger partial charge on any atom is -0.508 e. The number of cyclic esters (lactones) is 1. The maximum absolute atomic E-state index is 13.3. The fourth-order valence-electron chi connectivity index (χ4n) is 4.02. The summed E-state index contributed by atoms with van der Waals surface area (Å²) < 4.78 is 5.88. The van der Waals surface area contributed by atoms with E-state index in [4.69, 9.17) is 4.74 Å². The van der Waals surface area contributed by atoms with Crippen LogP contribution in [0.3, 0.4) is 0 Å². The smallest absolute Gasteiger partial charge is 0.337 e.